The average molecular weight is 239 g/mol. The fourth-order valence-electron chi connectivity index (χ4n) is 1.32. The van der Waals surface area contributed by atoms with E-state index < -0.39 is 0 Å². The number of hydrogen-bond acceptors (Lipinski definition) is 4. The maximum Gasteiger partial charge on any atom is 0.179 e. The third-order valence-corrected chi connectivity index (χ3v) is 2.84. The average Bonchev–Trinajstić information content (AvgIpc) is 3.04. The molecule has 0 aromatic carbocycles. The Morgan fingerprint density at radius 1 is 1.38 bits per heavy atom. The molecule has 4 heteroatoms. The minimum atomic E-state index is 0.142. The summed E-state index contributed by atoms with van der Waals surface area (Å²) in [6.07, 6.45) is 6.58. The zero-order valence-corrected chi connectivity index (χ0v) is 10.7. The van der Waals surface area contributed by atoms with E-state index in [9.17, 15) is 0 Å². The van der Waals surface area contributed by atoms with Crippen molar-refractivity contribution in [3.63, 3.8) is 0 Å². The lowest BCUT2D eigenvalue weighted by atomic mass is 10.4. The van der Waals surface area contributed by atoms with Gasteiger partial charge in [0.1, 0.15) is 0 Å². The number of aromatic nitrogens is 1. The lowest BCUT2D eigenvalue weighted by Gasteiger charge is -2.14. The van der Waals surface area contributed by atoms with Gasteiger partial charge < -0.3 is 9.47 Å². The van der Waals surface area contributed by atoms with E-state index in [1.54, 1.807) is 18.0 Å². The van der Waals surface area contributed by atoms with Gasteiger partial charge in [0.25, 0.3) is 0 Å². The quantitative estimate of drug-likeness (QED) is 0.739. The molecule has 0 atom stereocenters. The van der Waals surface area contributed by atoms with Crippen LogP contribution in [0.1, 0.15) is 26.7 Å². The molecular weight excluding hydrogens is 222 g/mol. The van der Waals surface area contributed by atoms with Crippen LogP contribution in [0.25, 0.3) is 0 Å². The van der Waals surface area contributed by atoms with Gasteiger partial charge in [-0.05, 0) is 32.9 Å². The van der Waals surface area contributed by atoms with Crippen LogP contribution in [-0.4, -0.2) is 23.4 Å². The Morgan fingerprint density at radius 2 is 2.12 bits per heavy atom. The van der Waals surface area contributed by atoms with E-state index in [1.807, 2.05) is 26.2 Å². The zero-order valence-electron chi connectivity index (χ0n) is 9.90. The molecule has 1 saturated carbocycles. The van der Waals surface area contributed by atoms with Crippen molar-refractivity contribution in [2.45, 2.75) is 43.9 Å². The van der Waals surface area contributed by atoms with Crippen molar-refractivity contribution in [3.05, 3.63) is 12.3 Å². The van der Waals surface area contributed by atoms with Crippen LogP contribution in [0.2, 0.25) is 0 Å². The highest BCUT2D eigenvalue weighted by molar-refractivity contribution is 7.98. The molecule has 0 spiro atoms. The lowest BCUT2D eigenvalue weighted by molar-refractivity contribution is 0.216. The molecule has 1 aromatic rings. The SMILES string of the molecule is CSc1cc(OC2CC2)c(OC(C)C)cn1. The summed E-state index contributed by atoms with van der Waals surface area (Å²) in [6.45, 7) is 4.01. The summed E-state index contributed by atoms with van der Waals surface area (Å²) in [5.74, 6) is 1.58. The molecule has 1 aromatic heterocycles. The summed E-state index contributed by atoms with van der Waals surface area (Å²) >= 11 is 1.61. The summed E-state index contributed by atoms with van der Waals surface area (Å²) < 4.78 is 11.5. The van der Waals surface area contributed by atoms with E-state index in [-0.39, 0.29) is 6.10 Å². The first kappa shape index (κ1) is 11.6. The predicted octanol–water partition coefficient (Wildman–Crippen LogP) is 3.13. The second-order valence-electron chi connectivity index (χ2n) is 4.16. The summed E-state index contributed by atoms with van der Waals surface area (Å²) in [5.41, 5.74) is 0. The van der Waals surface area contributed by atoms with Crippen LogP contribution >= 0.6 is 11.8 Å². The maximum atomic E-state index is 5.82. The molecule has 3 nitrogen and oxygen atoms in total. The summed E-state index contributed by atoms with van der Waals surface area (Å²) in [4.78, 5) is 4.30. The summed E-state index contributed by atoms with van der Waals surface area (Å²) in [5, 5.41) is 0.965. The van der Waals surface area contributed by atoms with Crippen LogP contribution in [0.5, 0.6) is 11.5 Å². The van der Waals surface area contributed by atoms with E-state index >= 15 is 0 Å². The van der Waals surface area contributed by atoms with Crippen molar-refractivity contribution in [3.8, 4) is 11.5 Å². The lowest BCUT2D eigenvalue weighted by Crippen LogP contribution is -2.08. The molecule has 0 N–H and O–H groups in total. The van der Waals surface area contributed by atoms with E-state index in [4.69, 9.17) is 9.47 Å². The Morgan fingerprint density at radius 3 is 2.69 bits per heavy atom. The molecule has 1 aliphatic rings. The molecule has 0 saturated heterocycles. The van der Waals surface area contributed by atoms with Crippen LogP contribution in [0.15, 0.2) is 17.3 Å². The molecule has 0 amide bonds. The van der Waals surface area contributed by atoms with Crippen LogP contribution in [0.3, 0.4) is 0 Å². The second-order valence-corrected chi connectivity index (χ2v) is 4.98. The highest BCUT2D eigenvalue weighted by atomic mass is 32.2. The topological polar surface area (TPSA) is 31.4 Å². The van der Waals surface area contributed by atoms with Gasteiger partial charge in [0.15, 0.2) is 11.5 Å². The van der Waals surface area contributed by atoms with E-state index in [0.717, 1.165) is 29.4 Å². The molecule has 1 fully saturated rings. The van der Waals surface area contributed by atoms with E-state index in [0.29, 0.717) is 6.10 Å². The van der Waals surface area contributed by atoms with Gasteiger partial charge in [-0.1, -0.05) is 0 Å². The van der Waals surface area contributed by atoms with Crippen molar-refractivity contribution in [2.24, 2.45) is 0 Å². The number of ether oxygens (including phenoxy) is 2. The largest absolute Gasteiger partial charge is 0.486 e. The third kappa shape index (κ3) is 3.04. The van der Waals surface area contributed by atoms with Gasteiger partial charge in [-0.25, -0.2) is 4.98 Å². The number of rotatable bonds is 5. The Labute approximate surface area is 101 Å². The van der Waals surface area contributed by atoms with Gasteiger partial charge in [-0.2, -0.15) is 0 Å². The Balaban J connectivity index is 2.19. The first-order valence-corrected chi connectivity index (χ1v) is 6.79. The maximum absolute atomic E-state index is 5.82. The first-order valence-electron chi connectivity index (χ1n) is 5.56. The highest BCUT2D eigenvalue weighted by Crippen LogP contribution is 2.35. The summed E-state index contributed by atoms with van der Waals surface area (Å²) in [6, 6.07) is 1.96. The van der Waals surface area contributed by atoms with Gasteiger partial charge in [0, 0.05) is 6.07 Å². The normalized spacial score (nSPS) is 15.2. The molecule has 88 valence electrons. The number of thioether (sulfide) groups is 1. The van der Waals surface area contributed by atoms with E-state index in [2.05, 4.69) is 4.98 Å². The molecular formula is C12H17NO2S. The van der Waals surface area contributed by atoms with Crippen LogP contribution in [-0.2, 0) is 0 Å². The summed E-state index contributed by atoms with van der Waals surface area (Å²) in [7, 11) is 0. The van der Waals surface area contributed by atoms with Crippen molar-refractivity contribution in [1.82, 2.24) is 4.98 Å². The Kier molecular flexibility index (Phi) is 3.59. The van der Waals surface area contributed by atoms with Crippen LogP contribution in [0.4, 0.5) is 0 Å². The molecule has 1 aliphatic carbocycles. The molecule has 0 radical (unpaired) electrons. The van der Waals surface area contributed by atoms with Gasteiger partial charge >= 0.3 is 0 Å². The standard InChI is InChI=1S/C12H17NO2S/c1-8(2)14-11-7-13-12(16-3)6-10(11)15-9-4-5-9/h6-9H,4-5H2,1-3H3. The van der Waals surface area contributed by atoms with Gasteiger partial charge in [0.2, 0.25) is 0 Å². The fraction of sp³-hybridized carbons (Fsp3) is 0.583. The van der Waals surface area contributed by atoms with Gasteiger partial charge in [-0.3, -0.25) is 0 Å². The Bertz CT molecular complexity index is 364. The van der Waals surface area contributed by atoms with E-state index in [1.165, 1.54) is 0 Å². The van der Waals surface area contributed by atoms with Crippen LogP contribution in [0, 0.1) is 0 Å². The van der Waals surface area contributed by atoms with Crippen molar-refractivity contribution in [1.29, 1.82) is 0 Å². The minimum absolute atomic E-state index is 0.142. The number of nitrogens with zero attached hydrogens (tertiary/aromatic N) is 1. The van der Waals surface area contributed by atoms with Crippen molar-refractivity contribution >= 4 is 11.8 Å². The fourth-order valence-corrected chi connectivity index (χ4v) is 1.70. The van der Waals surface area contributed by atoms with Crippen molar-refractivity contribution < 1.29 is 9.47 Å². The van der Waals surface area contributed by atoms with Crippen LogP contribution < -0.4 is 9.47 Å². The molecule has 0 aliphatic heterocycles. The second kappa shape index (κ2) is 4.95. The number of hydrogen-bond donors (Lipinski definition) is 0. The third-order valence-electron chi connectivity index (χ3n) is 2.20. The molecule has 2 rings (SSSR count). The number of pyridine rings is 1. The first-order chi connectivity index (χ1) is 7.69. The van der Waals surface area contributed by atoms with Crippen molar-refractivity contribution in [2.75, 3.05) is 6.26 Å². The van der Waals surface area contributed by atoms with Gasteiger partial charge in [0.05, 0.1) is 23.4 Å². The zero-order chi connectivity index (χ0) is 11.5. The predicted molar refractivity (Wildman–Crippen MR) is 65.4 cm³/mol. The smallest absolute Gasteiger partial charge is 0.179 e. The molecule has 0 bridgehead atoms. The minimum Gasteiger partial charge on any atom is -0.486 e. The highest BCUT2D eigenvalue weighted by Gasteiger charge is 2.25. The molecule has 16 heavy (non-hydrogen) atoms. The Hall–Kier alpha value is -0.900. The van der Waals surface area contributed by atoms with Gasteiger partial charge in [-0.15, -0.1) is 11.8 Å². The molecule has 0 unspecified atom stereocenters. The monoisotopic (exact) mass is 239 g/mol. The molecule has 1 heterocycles.